The number of halogens is 3. The molecule has 0 unspecified atom stereocenters. The Kier molecular flexibility index (Phi) is 2.85. The van der Waals surface area contributed by atoms with Gasteiger partial charge in [0.05, 0.1) is 12.1 Å². The van der Waals surface area contributed by atoms with Crippen molar-refractivity contribution in [2.45, 2.75) is 19.6 Å². The van der Waals surface area contributed by atoms with Gasteiger partial charge < -0.3 is 4.98 Å². The number of benzene rings is 1. The van der Waals surface area contributed by atoms with Gasteiger partial charge in [-0.2, -0.15) is 13.2 Å². The molecule has 0 saturated heterocycles. The number of aliphatic imine (C=N–C) groups is 1. The first-order valence-electron chi connectivity index (χ1n) is 7.11. The van der Waals surface area contributed by atoms with Crippen LogP contribution in [0.2, 0.25) is 0 Å². The molecular weight excluding hydrogens is 303 g/mol. The summed E-state index contributed by atoms with van der Waals surface area (Å²) < 4.78 is 39.5. The van der Waals surface area contributed by atoms with Gasteiger partial charge in [-0.05, 0) is 41.8 Å². The van der Waals surface area contributed by atoms with E-state index in [4.69, 9.17) is 0 Å². The molecule has 23 heavy (non-hydrogen) atoms. The standard InChI is InChI=1S/C17H12F3N3/c1-9-5-22-16-13(9)3-11(7-23-16)14-4-12(17(18,19)20)2-10-6-21-8-15(10)14/h2-5,7-8H,6H2,1H3,(H,22,23). The van der Waals surface area contributed by atoms with Gasteiger partial charge in [0.1, 0.15) is 5.65 Å². The van der Waals surface area contributed by atoms with Gasteiger partial charge in [-0.1, -0.05) is 0 Å². The number of hydrogen-bond acceptors (Lipinski definition) is 2. The molecule has 1 aromatic carbocycles. The van der Waals surface area contributed by atoms with Crippen LogP contribution in [0.15, 0.2) is 35.6 Å². The Bertz CT molecular complexity index is 952. The molecule has 0 atom stereocenters. The quantitative estimate of drug-likeness (QED) is 0.706. The van der Waals surface area contributed by atoms with E-state index in [9.17, 15) is 13.2 Å². The molecule has 3 aromatic rings. The number of hydrogen-bond donors (Lipinski definition) is 1. The third-order valence-corrected chi connectivity index (χ3v) is 4.12. The summed E-state index contributed by atoms with van der Waals surface area (Å²) in [7, 11) is 0. The monoisotopic (exact) mass is 315 g/mol. The lowest BCUT2D eigenvalue weighted by molar-refractivity contribution is -0.137. The van der Waals surface area contributed by atoms with Crippen LogP contribution in [0.25, 0.3) is 22.2 Å². The van der Waals surface area contributed by atoms with Crippen LogP contribution in [0.3, 0.4) is 0 Å². The molecule has 0 amide bonds. The highest BCUT2D eigenvalue weighted by atomic mass is 19.4. The van der Waals surface area contributed by atoms with Crippen molar-refractivity contribution in [3.05, 3.63) is 52.8 Å². The number of alkyl halides is 3. The Balaban J connectivity index is 1.97. The molecule has 6 heteroatoms. The number of H-pyrrole nitrogens is 1. The maximum Gasteiger partial charge on any atom is 0.416 e. The van der Waals surface area contributed by atoms with Crippen molar-refractivity contribution < 1.29 is 13.2 Å². The molecule has 0 aliphatic carbocycles. The van der Waals surface area contributed by atoms with Crippen LogP contribution in [0.5, 0.6) is 0 Å². The molecule has 1 aliphatic rings. The van der Waals surface area contributed by atoms with E-state index in [1.54, 1.807) is 12.4 Å². The van der Waals surface area contributed by atoms with Crippen molar-refractivity contribution in [2.75, 3.05) is 0 Å². The number of nitrogens with one attached hydrogen (secondary N) is 1. The summed E-state index contributed by atoms with van der Waals surface area (Å²) in [5.74, 6) is 0. The van der Waals surface area contributed by atoms with E-state index in [0.717, 1.165) is 22.2 Å². The van der Waals surface area contributed by atoms with Gasteiger partial charge in [-0.3, -0.25) is 4.99 Å². The van der Waals surface area contributed by atoms with Gasteiger partial charge in [0.2, 0.25) is 0 Å². The zero-order valence-electron chi connectivity index (χ0n) is 12.2. The van der Waals surface area contributed by atoms with Crippen molar-refractivity contribution in [1.82, 2.24) is 9.97 Å². The molecule has 1 N–H and O–H groups in total. The lowest BCUT2D eigenvalue weighted by Crippen LogP contribution is -2.07. The average Bonchev–Trinajstić information content (AvgIpc) is 3.12. The summed E-state index contributed by atoms with van der Waals surface area (Å²) in [5.41, 5.74) is 3.60. The molecule has 2 aromatic heterocycles. The predicted molar refractivity (Wildman–Crippen MR) is 82.6 cm³/mol. The van der Waals surface area contributed by atoms with Gasteiger partial charge >= 0.3 is 6.18 Å². The SMILES string of the molecule is Cc1c[nH]c2ncc(-c3cc(C(F)(F)F)cc4c3C=NC4)cc12. The second kappa shape index (κ2) is 4.68. The van der Waals surface area contributed by atoms with Crippen LogP contribution in [0.1, 0.15) is 22.3 Å². The first-order valence-corrected chi connectivity index (χ1v) is 7.11. The van der Waals surface area contributed by atoms with Crippen molar-refractivity contribution in [1.29, 1.82) is 0 Å². The van der Waals surface area contributed by atoms with Crippen molar-refractivity contribution in [3.63, 3.8) is 0 Å². The highest BCUT2D eigenvalue weighted by Gasteiger charge is 2.32. The summed E-state index contributed by atoms with van der Waals surface area (Å²) in [6.45, 7) is 2.22. The van der Waals surface area contributed by atoms with E-state index in [2.05, 4.69) is 15.0 Å². The lowest BCUT2D eigenvalue weighted by atomic mass is 9.94. The summed E-state index contributed by atoms with van der Waals surface area (Å²) in [6.07, 6.45) is 0.687. The van der Waals surface area contributed by atoms with Gasteiger partial charge in [0.15, 0.2) is 0 Å². The smallest absolute Gasteiger partial charge is 0.346 e. The first kappa shape index (κ1) is 14.0. The van der Waals surface area contributed by atoms with E-state index in [-0.39, 0.29) is 6.54 Å². The highest BCUT2D eigenvalue weighted by molar-refractivity contribution is 5.96. The molecule has 0 fully saturated rings. The Morgan fingerprint density at radius 1 is 1.17 bits per heavy atom. The van der Waals surface area contributed by atoms with Gasteiger partial charge in [0.25, 0.3) is 0 Å². The Labute approximate surface area is 129 Å². The number of pyridine rings is 1. The number of nitrogens with zero attached hydrogens (tertiary/aromatic N) is 2. The molecule has 3 nitrogen and oxygen atoms in total. The van der Waals surface area contributed by atoms with Crippen molar-refractivity contribution in [2.24, 2.45) is 4.99 Å². The minimum absolute atomic E-state index is 0.283. The van der Waals surface area contributed by atoms with Crippen LogP contribution in [0, 0.1) is 6.92 Å². The minimum atomic E-state index is -4.38. The number of aryl methyl sites for hydroxylation is 1. The number of aromatic amines is 1. The second-order valence-corrected chi connectivity index (χ2v) is 5.66. The third-order valence-electron chi connectivity index (χ3n) is 4.12. The summed E-state index contributed by atoms with van der Waals surface area (Å²) in [6, 6.07) is 4.23. The van der Waals surface area contributed by atoms with Crippen molar-refractivity contribution in [3.8, 4) is 11.1 Å². The third kappa shape index (κ3) is 2.21. The molecule has 3 heterocycles. The fourth-order valence-corrected chi connectivity index (χ4v) is 2.92. The molecule has 1 aliphatic heterocycles. The Morgan fingerprint density at radius 3 is 2.78 bits per heavy atom. The van der Waals surface area contributed by atoms with E-state index < -0.39 is 11.7 Å². The van der Waals surface area contributed by atoms with Gasteiger partial charge in [-0.15, -0.1) is 0 Å². The maximum absolute atomic E-state index is 13.2. The molecule has 116 valence electrons. The van der Waals surface area contributed by atoms with E-state index in [1.807, 2.05) is 19.2 Å². The van der Waals surface area contributed by atoms with Crippen LogP contribution >= 0.6 is 0 Å². The van der Waals surface area contributed by atoms with Crippen LogP contribution in [0.4, 0.5) is 13.2 Å². The number of aromatic nitrogens is 2. The van der Waals surface area contributed by atoms with Crippen LogP contribution in [-0.2, 0) is 12.7 Å². The van der Waals surface area contributed by atoms with Gasteiger partial charge in [-0.25, -0.2) is 4.98 Å². The molecule has 4 rings (SSSR count). The topological polar surface area (TPSA) is 41.0 Å². The van der Waals surface area contributed by atoms with Crippen LogP contribution < -0.4 is 0 Å². The summed E-state index contributed by atoms with van der Waals surface area (Å²) in [5, 5.41) is 0.906. The molecule has 0 saturated carbocycles. The first-order chi connectivity index (χ1) is 10.9. The molecular formula is C17H12F3N3. The van der Waals surface area contributed by atoms with Crippen LogP contribution in [-0.4, -0.2) is 16.2 Å². The Hall–Kier alpha value is -2.63. The fraction of sp³-hybridized carbons (Fsp3) is 0.176. The number of fused-ring (bicyclic) bond motifs is 2. The average molecular weight is 315 g/mol. The highest BCUT2D eigenvalue weighted by Crippen LogP contribution is 2.37. The maximum atomic E-state index is 13.2. The Morgan fingerprint density at radius 2 is 2.00 bits per heavy atom. The molecule has 0 radical (unpaired) electrons. The zero-order valence-corrected chi connectivity index (χ0v) is 12.2. The summed E-state index contributed by atoms with van der Waals surface area (Å²) >= 11 is 0. The lowest BCUT2D eigenvalue weighted by Gasteiger charge is -2.13. The fourth-order valence-electron chi connectivity index (χ4n) is 2.92. The van der Waals surface area contributed by atoms with E-state index in [0.29, 0.717) is 16.7 Å². The normalized spacial score (nSPS) is 13.7. The van der Waals surface area contributed by atoms with E-state index in [1.165, 1.54) is 12.1 Å². The molecule has 0 spiro atoms. The largest absolute Gasteiger partial charge is 0.416 e. The predicted octanol–water partition coefficient (Wildman–Crippen LogP) is 4.49. The second-order valence-electron chi connectivity index (χ2n) is 5.66. The number of rotatable bonds is 1. The zero-order chi connectivity index (χ0) is 16.2. The molecule has 0 bridgehead atoms. The van der Waals surface area contributed by atoms with E-state index >= 15 is 0 Å². The van der Waals surface area contributed by atoms with Gasteiger partial charge in [0, 0.05) is 35.1 Å². The summed E-state index contributed by atoms with van der Waals surface area (Å²) in [4.78, 5) is 11.5. The van der Waals surface area contributed by atoms with Crippen molar-refractivity contribution >= 4 is 17.2 Å². The minimum Gasteiger partial charge on any atom is -0.346 e.